The Morgan fingerprint density at radius 3 is 2.26 bits per heavy atom. The van der Waals surface area contributed by atoms with E-state index in [0.717, 1.165) is 16.5 Å². The summed E-state index contributed by atoms with van der Waals surface area (Å²) < 4.78 is 0. The van der Waals surface area contributed by atoms with Crippen molar-refractivity contribution in [3.05, 3.63) is 36.0 Å². The molecule has 0 aliphatic heterocycles. The molecule has 5 unspecified atom stereocenters. The third-order valence-electron chi connectivity index (χ3n) is 6.65. The van der Waals surface area contributed by atoms with Crippen LogP contribution in [0.15, 0.2) is 35.5 Å². The molecule has 2 rings (SSSR count). The molecule has 0 aliphatic carbocycles. The van der Waals surface area contributed by atoms with Crippen LogP contribution in [0, 0.1) is 0 Å². The number of carbonyl (C=O) groups excluding carboxylic acids is 3. The largest absolute Gasteiger partial charge is 0.480 e. The summed E-state index contributed by atoms with van der Waals surface area (Å²) in [5, 5.41) is 28.1. The minimum absolute atomic E-state index is 0.0825. The molecule has 1 aromatic heterocycles. The predicted octanol–water partition coefficient (Wildman–Crippen LogP) is -1.86. The summed E-state index contributed by atoms with van der Waals surface area (Å²) in [6.45, 7) is 1.82. The summed E-state index contributed by atoms with van der Waals surface area (Å²) in [5.74, 6) is -3.66. The van der Waals surface area contributed by atoms with Crippen LogP contribution in [-0.4, -0.2) is 88.2 Å². The highest BCUT2D eigenvalue weighted by atomic mass is 16.4. The van der Waals surface area contributed by atoms with Crippen molar-refractivity contribution in [3.63, 3.8) is 0 Å². The first kappa shape index (κ1) is 34.0. The van der Waals surface area contributed by atoms with Crippen LogP contribution in [0.5, 0.6) is 0 Å². The predicted molar refractivity (Wildman–Crippen MR) is 158 cm³/mol. The van der Waals surface area contributed by atoms with Crippen LogP contribution in [0.25, 0.3) is 10.9 Å². The Bertz CT molecular complexity index is 1230. The Morgan fingerprint density at radius 2 is 1.62 bits per heavy atom. The van der Waals surface area contributed by atoms with E-state index in [2.05, 4.69) is 25.9 Å². The van der Waals surface area contributed by atoms with Crippen molar-refractivity contribution in [2.24, 2.45) is 27.9 Å². The first-order valence-corrected chi connectivity index (χ1v) is 13.8. The highest BCUT2D eigenvalue weighted by Gasteiger charge is 2.32. The number of unbranched alkanes of at least 4 members (excludes halogenated alkanes) is 1. The summed E-state index contributed by atoms with van der Waals surface area (Å²) >= 11 is 0. The van der Waals surface area contributed by atoms with Crippen molar-refractivity contribution < 1.29 is 29.4 Å². The molecule has 0 saturated carbocycles. The number of carboxylic acids is 1. The quantitative estimate of drug-likeness (QED) is 0.0526. The average molecular weight is 590 g/mol. The lowest BCUT2D eigenvalue weighted by Crippen LogP contribution is -2.60. The van der Waals surface area contributed by atoms with Gasteiger partial charge in [0.2, 0.25) is 17.7 Å². The van der Waals surface area contributed by atoms with Crippen LogP contribution < -0.4 is 38.9 Å². The van der Waals surface area contributed by atoms with Crippen molar-refractivity contribution >= 4 is 40.6 Å². The molecule has 5 atom stereocenters. The molecule has 0 radical (unpaired) electrons. The van der Waals surface area contributed by atoms with Gasteiger partial charge in [-0.1, -0.05) is 18.2 Å². The van der Waals surface area contributed by atoms with Gasteiger partial charge in [-0.15, -0.1) is 0 Å². The molecule has 232 valence electrons. The topological polar surface area (TPSA) is 277 Å². The Morgan fingerprint density at radius 1 is 0.952 bits per heavy atom. The van der Waals surface area contributed by atoms with E-state index in [1.165, 1.54) is 6.92 Å². The number of hydrogen-bond donors (Lipinski definition) is 10. The van der Waals surface area contributed by atoms with Crippen LogP contribution in [0.2, 0.25) is 0 Å². The van der Waals surface area contributed by atoms with Gasteiger partial charge in [-0.25, -0.2) is 4.79 Å². The molecular formula is C27H43N9O6. The van der Waals surface area contributed by atoms with E-state index in [1.807, 2.05) is 24.3 Å². The minimum Gasteiger partial charge on any atom is -0.480 e. The number of aliphatic imine (C=N–C) groups is 1. The maximum absolute atomic E-state index is 13.3. The second-order valence-electron chi connectivity index (χ2n) is 10.1. The molecule has 42 heavy (non-hydrogen) atoms. The van der Waals surface area contributed by atoms with Crippen LogP contribution >= 0.6 is 0 Å². The van der Waals surface area contributed by atoms with Crippen LogP contribution in [0.4, 0.5) is 0 Å². The van der Waals surface area contributed by atoms with E-state index in [4.69, 9.17) is 22.9 Å². The molecular weight excluding hydrogens is 546 g/mol. The van der Waals surface area contributed by atoms with Crippen LogP contribution in [-0.2, 0) is 25.6 Å². The number of aliphatic hydroxyl groups excluding tert-OH is 1. The number of nitrogens with one attached hydrogen (secondary N) is 4. The van der Waals surface area contributed by atoms with E-state index < -0.39 is 54.0 Å². The Labute approximate surface area is 243 Å². The maximum Gasteiger partial charge on any atom is 0.326 e. The van der Waals surface area contributed by atoms with Gasteiger partial charge in [-0.05, 0) is 63.6 Å². The first-order valence-electron chi connectivity index (χ1n) is 13.8. The number of guanidine groups is 1. The van der Waals surface area contributed by atoms with Crippen LogP contribution in [0.3, 0.4) is 0 Å². The third kappa shape index (κ3) is 10.6. The standard InChI is InChI=1S/C27H43N9O6/c1-15(37)22(25(40)35-21(26(41)42)9-4-5-11-28)36-24(39)20(10-6-12-32-27(30)31)34-23(38)18(29)13-16-14-33-19-8-3-2-7-17(16)19/h2-3,7-8,14-15,18,20-22,33,37H,4-6,9-13,28-29H2,1H3,(H,34,38)(H,35,40)(H,36,39)(H,41,42)(H4,30,31,32). The monoisotopic (exact) mass is 589 g/mol. The summed E-state index contributed by atoms with van der Waals surface area (Å²) in [7, 11) is 0. The van der Waals surface area contributed by atoms with E-state index in [1.54, 1.807) is 6.20 Å². The van der Waals surface area contributed by atoms with E-state index in [9.17, 15) is 29.4 Å². The molecule has 0 spiro atoms. The number of amides is 3. The van der Waals surface area contributed by atoms with Gasteiger partial charge >= 0.3 is 5.97 Å². The number of aromatic nitrogens is 1. The zero-order chi connectivity index (χ0) is 31.2. The second-order valence-corrected chi connectivity index (χ2v) is 10.1. The molecule has 1 heterocycles. The molecule has 15 nitrogen and oxygen atoms in total. The zero-order valence-electron chi connectivity index (χ0n) is 23.7. The van der Waals surface area contributed by atoms with Gasteiger partial charge in [-0.2, -0.15) is 0 Å². The van der Waals surface area contributed by atoms with Gasteiger partial charge in [0.05, 0.1) is 12.1 Å². The van der Waals surface area contributed by atoms with Crippen molar-refractivity contribution in [3.8, 4) is 0 Å². The van der Waals surface area contributed by atoms with Crippen molar-refractivity contribution in [1.82, 2.24) is 20.9 Å². The number of aromatic amines is 1. The normalized spacial score (nSPS) is 14.7. The smallest absolute Gasteiger partial charge is 0.326 e. The molecule has 0 aliphatic rings. The number of carbonyl (C=O) groups is 4. The number of rotatable bonds is 18. The summed E-state index contributed by atoms with van der Waals surface area (Å²) in [6.07, 6.45) is 2.11. The fourth-order valence-electron chi connectivity index (χ4n) is 4.35. The van der Waals surface area contributed by atoms with E-state index >= 15 is 0 Å². The van der Waals surface area contributed by atoms with Crippen molar-refractivity contribution in [1.29, 1.82) is 0 Å². The number of fused-ring (bicyclic) bond motifs is 1. The molecule has 0 saturated heterocycles. The van der Waals surface area contributed by atoms with Crippen molar-refractivity contribution in [2.45, 2.75) is 75.7 Å². The summed E-state index contributed by atoms with van der Waals surface area (Å²) in [4.78, 5) is 57.9. The molecule has 0 fully saturated rings. The molecule has 3 amide bonds. The number of aliphatic hydroxyl groups is 1. The molecule has 2 aromatic rings. The molecule has 15 heteroatoms. The first-order chi connectivity index (χ1) is 19.9. The number of nitrogens with zero attached hydrogens (tertiary/aromatic N) is 1. The summed E-state index contributed by atoms with van der Waals surface area (Å²) in [5.41, 5.74) is 24.1. The number of H-pyrrole nitrogens is 1. The van der Waals surface area contributed by atoms with Crippen LogP contribution in [0.1, 0.15) is 44.6 Å². The highest BCUT2D eigenvalue weighted by molar-refractivity contribution is 5.94. The number of aliphatic carboxylic acids is 1. The highest BCUT2D eigenvalue weighted by Crippen LogP contribution is 2.19. The number of nitrogens with two attached hydrogens (primary N) is 4. The Hall–Kier alpha value is -4.21. The van der Waals surface area contributed by atoms with Gasteiger partial charge in [0.1, 0.15) is 18.1 Å². The van der Waals surface area contributed by atoms with Gasteiger partial charge in [0.25, 0.3) is 0 Å². The maximum atomic E-state index is 13.3. The SMILES string of the molecule is CC(O)C(NC(=O)C(CCCN=C(N)N)NC(=O)C(N)Cc1c[nH]c2ccccc12)C(=O)NC(CCCCN)C(=O)O. The Kier molecular flexibility index (Phi) is 13.7. The van der Waals surface area contributed by atoms with E-state index in [-0.39, 0.29) is 31.8 Å². The summed E-state index contributed by atoms with van der Waals surface area (Å²) in [6, 6.07) is 2.66. The van der Waals surface area contributed by atoms with E-state index in [0.29, 0.717) is 25.8 Å². The molecule has 1 aromatic carbocycles. The third-order valence-corrected chi connectivity index (χ3v) is 6.65. The molecule has 0 bridgehead atoms. The lowest BCUT2D eigenvalue weighted by Gasteiger charge is -2.26. The lowest BCUT2D eigenvalue weighted by molar-refractivity contribution is -0.143. The van der Waals surface area contributed by atoms with Gasteiger partial charge in [-0.3, -0.25) is 19.4 Å². The average Bonchev–Trinajstić information content (AvgIpc) is 3.34. The number of carboxylic acid groups (broad SMARTS) is 1. The van der Waals surface area contributed by atoms with Gasteiger partial charge in [0.15, 0.2) is 5.96 Å². The van der Waals surface area contributed by atoms with Gasteiger partial charge in [0, 0.05) is 23.6 Å². The number of hydrogen-bond acceptors (Lipinski definition) is 8. The fraction of sp³-hybridized carbons (Fsp3) is 0.519. The van der Waals surface area contributed by atoms with Gasteiger partial charge < -0.3 is 54.1 Å². The zero-order valence-corrected chi connectivity index (χ0v) is 23.7. The second kappa shape index (κ2) is 16.9. The Balaban J connectivity index is 2.14. The minimum atomic E-state index is -1.49. The lowest BCUT2D eigenvalue weighted by atomic mass is 10.0. The number of benzene rings is 1. The number of para-hydroxylation sites is 1. The van der Waals surface area contributed by atoms with Crippen molar-refractivity contribution in [2.75, 3.05) is 13.1 Å². The fourth-order valence-corrected chi connectivity index (χ4v) is 4.35. The molecule has 14 N–H and O–H groups in total.